The molecule has 1 aromatic rings. The lowest BCUT2D eigenvalue weighted by Crippen LogP contribution is -2.26. The zero-order chi connectivity index (χ0) is 13.0. The molecule has 18 heavy (non-hydrogen) atoms. The van der Waals surface area contributed by atoms with Crippen molar-refractivity contribution in [3.8, 4) is 5.88 Å². The molecule has 0 aliphatic heterocycles. The van der Waals surface area contributed by atoms with Gasteiger partial charge in [0.1, 0.15) is 5.82 Å². The maximum atomic E-state index is 5.77. The van der Waals surface area contributed by atoms with Gasteiger partial charge in [0.15, 0.2) is 0 Å². The second kappa shape index (κ2) is 5.94. The molecular weight excluding hydrogens is 226 g/mol. The second-order valence-electron chi connectivity index (χ2n) is 5.16. The summed E-state index contributed by atoms with van der Waals surface area (Å²) in [6.07, 6.45) is 6.51. The third-order valence-electron chi connectivity index (χ3n) is 3.78. The molecule has 1 aromatic heterocycles. The van der Waals surface area contributed by atoms with Crippen LogP contribution < -0.4 is 15.8 Å². The second-order valence-corrected chi connectivity index (χ2v) is 5.16. The van der Waals surface area contributed by atoms with E-state index in [-0.39, 0.29) is 0 Å². The van der Waals surface area contributed by atoms with Gasteiger partial charge in [-0.3, -0.25) is 0 Å². The van der Waals surface area contributed by atoms with Gasteiger partial charge >= 0.3 is 0 Å². The lowest BCUT2D eigenvalue weighted by molar-refractivity contribution is 0.400. The number of nitrogens with two attached hydrogens (primary N) is 1. The van der Waals surface area contributed by atoms with Crippen molar-refractivity contribution >= 4 is 11.5 Å². The third-order valence-corrected chi connectivity index (χ3v) is 3.78. The lowest BCUT2D eigenvalue weighted by Gasteiger charge is -2.23. The first-order chi connectivity index (χ1) is 8.70. The predicted octanol–water partition coefficient (Wildman–Crippen LogP) is 3.05. The number of pyridine rings is 1. The average molecular weight is 249 g/mol. The Balaban J connectivity index is 2.07. The maximum absolute atomic E-state index is 5.77. The van der Waals surface area contributed by atoms with Crippen molar-refractivity contribution in [2.45, 2.75) is 45.1 Å². The minimum atomic E-state index is 0.501. The molecule has 0 amide bonds. The summed E-state index contributed by atoms with van der Waals surface area (Å²) in [7, 11) is 1.59. The van der Waals surface area contributed by atoms with Gasteiger partial charge in [-0.25, -0.2) is 0 Å². The first-order valence-corrected chi connectivity index (χ1v) is 6.77. The van der Waals surface area contributed by atoms with E-state index in [9.17, 15) is 0 Å². The highest BCUT2D eigenvalue weighted by atomic mass is 16.5. The molecule has 2 unspecified atom stereocenters. The van der Waals surface area contributed by atoms with Crippen LogP contribution in [0.4, 0.5) is 11.5 Å². The molecule has 4 nitrogen and oxygen atoms in total. The minimum Gasteiger partial charge on any atom is -0.479 e. The van der Waals surface area contributed by atoms with Crippen molar-refractivity contribution in [2.24, 2.45) is 5.92 Å². The molecule has 2 rings (SSSR count). The Morgan fingerprint density at radius 3 is 2.83 bits per heavy atom. The molecule has 0 bridgehead atoms. The maximum Gasteiger partial charge on any atom is 0.238 e. The van der Waals surface area contributed by atoms with Gasteiger partial charge in [-0.05, 0) is 30.9 Å². The van der Waals surface area contributed by atoms with Crippen LogP contribution in [0.5, 0.6) is 5.88 Å². The molecule has 1 aliphatic rings. The highest BCUT2D eigenvalue weighted by Gasteiger charge is 2.20. The molecule has 2 atom stereocenters. The number of nitrogens with one attached hydrogen (secondary N) is 1. The zero-order valence-corrected chi connectivity index (χ0v) is 11.3. The van der Waals surface area contributed by atoms with E-state index in [1.165, 1.54) is 32.1 Å². The standard InChI is InChI=1S/C14H23N3O/c1-10-6-4-3-5-7-12(10)16-13-9-8-11(15)14(17-13)18-2/h8-10,12H,3-7,15H2,1-2H3,(H,16,17). The molecule has 0 spiro atoms. The van der Waals surface area contributed by atoms with E-state index >= 15 is 0 Å². The first-order valence-electron chi connectivity index (χ1n) is 6.77. The normalized spacial score (nSPS) is 24.3. The van der Waals surface area contributed by atoms with Crippen LogP contribution in [0.25, 0.3) is 0 Å². The van der Waals surface area contributed by atoms with Gasteiger partial charge < -0.3 is 15.8 Å². The fourth-order valence-electron chi connectivity index (χ4n) is 2.59. The summed E-state index contributed by atoms with van der Waals surface area (Å²) in [5, 5.41) is 3.53. The highest BCUT2D eigenvalue weighted by Crippen LogP contribution is 2.27. The minimum absolute atomic E-state index is 0.501. The van der Waals surface area contributed by atoms with Crippen molar-refractivity contribution in [1.29, 1.82) is 0 Å². The van der Waals surface area contributed by atoms with Crippen LogP contribution in [0, 0.1) is 5.92 Å². The van der Waals surface area contributed by atoms with Crippen molar-refractivity contribution in [3.05, 3.63) is 12.1 Å². The van der Waals surface area contributed by atoms with E-state index in [0.29, 0.717) is 23.5 Å². The number of ether oxygens (including phenoxy) is 1. The predicted molar refractivity (Wildman–Crippen MR) is 74.9 cm³/mol. The van der Waals surface area contributed by atoms with Gasteiger partial charge in [-0.2, -0.15) is 4.98 Å². The van der Waals surface area contributed by atoms with Crippen LogP contribution in [0.15, 0.2) is 12.1 Å². The quantitative estimate of drug-likeness (QED) is 0.808. The molecule has 0 saturated heterocycles. The Labute approximate surface area is 109 Å². The van der Waals surface area contributed by atoms with Gasteiger partial charge in [-0.1, -0.05) is 26.2 Å². The number of methoxy groups -OCH3 is 1. The van der Waals surface area contributed by atoms with Gasteiger partial charge in [0, 0.05) is 6.04 Å². The van der Waals surface area contributed by atoms with E-state index in [1.54, 1.807) is 7.11 Å². The molecule has 100 valence electrons. The van der Waals surface area contributed by atoms with E-state index in [2.05, 4.69) is 17.2 Å². The van der Waals surface area contributed by atoms with Crippen molar-refractivity contribution in [1.82, 2.24) is 4.98 Å². The lowest BCUT2D eigenvalue weighted by atomic mass is 9.97. The molecule has 3 N–H and O–H groups in total. The Hall–Kier alpha value is -1.45. The van der Waals surface area contributed by atoms with E-state index in [4.69, 9.17) is 10.5 Å². The van der Waals surface area contributed by atoms with Gasteiger partial charge in [0.2, 0.25) is 5.88 Å². The van der Waals surface area contributed by atoms with E-state index in [0.717, 1.165) is 5.82 Å². The molecule has 0 aromatic carbocycles. The van der Waals surface area contributed by atoms with Gasteiger partial charge in [0.05, 0.1) is 12.8 Å². The Morgan fingerprint density at radius 2 is 2.06 bits per heavy atom. The summed E-state index contributed by atoms with van der Waals surface area (Å²) in [6.45, 7) is 2.32. The average Bonchev–Trinajstić information content (AvgIpc) is 2.57. The summed E-state index contributed by atoms with van der Waals surface area (Å²) in [4.78, 5) is 4.39. The molecule has 0 radical (unpaired) electrons. The van der Waals surface area contributed by atoms with Crippen LogP contribution in [0.1, 0.15) is 39.0 Å². The molecule has 1 fully saturated rings. The van der Waals surface area contributed by atoms with Crippen molar-refractivity contribution in [2.75, 3.05) is 18.2 Å². The molecule has 1 aliphatic carbocycles. The topological polar surface area (TPSA) is 60.2 Å². The Morgan fingerprint density at radius 1 is 1.28 bits per heavy atom. The number of anilines is 2. The van der Waals surface area contributed by atoms with Crippen molar-refractivity contribution < 1.29 is 4.74 Å². The van der Waals surface area contributed by atoms with Crippen LogP contribution in [0.2, 0.25) is 0 Å². The number of rotatable bonds is 3. The van der Waals surface area contributed by atoms with Gasteiger partial charge in [-0.15, -0.1) is 0 Å². The summed E-state index contributed by atoms with van der Waals surface area (Å²) in [6, 6.07) is 4.28. The van der Waals surface area contributed by atoms with E-state index < -0.39 is 0 Å². The fourth-order valence-corrected chi connectivity index (χ4v) is 2.59. The van der Waals surface area contributed by atoms with Crippen LogP contribution in [0.3, 0.4) is 0 Å². The summed E-state index contributed by atoms with van der Waals surface area (Å²) in [5.74, 6) is 2.05. The largest absolute Gasteiger partial charge is 0.479 e. The van der Waals surface area contributed by atoms with Crippen LogP contribution in [-0.4, -0.2) is 18.1 Å². The number of nitrogens with zero attached hydrogens (tertiary/aromatic N) is 1. The molecule has 1 heterocycles. The summed E-state index contributed by atoms with van der Waals surface area (Å²) < 4.78 is 5.15. The smallest absolute Gasteiger partial charge is 0.238 e. The first kappa shape index (κ1) is 13.0. The third kappa shape index (κ3) is 3.06. The molecule has 4 heteroatoms. The van der Waals surface area contributed by atoms with Crippen LogP contribution in [-0.2, 0) is 0 Å². The summed E-state index contributed by atoms with van der Waals surface area (Å²) in [5.41, 5.74) is 6.35. The number of hydrogen-bond acceptors (Lipinski definition) is 4. The highest BCUT2D eigenvalue weighted by molar-refractivity contribution is 5.53. The fraction of sp³-hybridized carbons (Fsp3) is 0.643. The monoisotopic (exact) mass is 249 g/mol. The SMILES string of the molecule is COc1nc(NC2CCCCCC2C)ccc1N. The van der Waals surface area contributed by atoms with E-state index in [1.807, 2.05) is 12.1 Å². The van der Waals surface area contributed by atoms with Crippen molar-refractivity contribution in [3.63, 3.8) is 0 Å². The van der Waals surface area contributed by atoms with Crippen LogP contribution >= 0.6 is 0 Å². The van der Waals surface area contributed by atoms with Gasteiger partial charge in [0.25, 0.3) is 0 Å². The summed E-state index contributed by atoms with van der Waals surface area (Å²) >= 11 is 0. The Kier molecular flexibility index (Phi) is 4.28. The zero-order valence-electron chi connectivity index (χ0n) is 11.3. The molecular formula is C14H23N3O. The number of hydrogen-bond donors (Lipinski definition) is 2. The molecule has 1 saturated carbocycles. The Bertz CT molecular complexity index is 395. The number of aromatic nitrogens is 1. The number of nitrogen functional groups attached to an aromatic ring is 1.